The van der Waals surface area contributed by atoms with Crippen molar-refractivity contribution in [1.29, 1.82) is 0 Å². The third kappa shape index (κ3) is 4.61. The third-order valence-electron chi connectivity index (χ3n) is 3.34. The number of aryl methyl sites for hydroxylation is 1. The summed E-state index contributed by atoms with van der Waals surface area (Å²) in [7, 11) is 1.64. The first kappa shape index (κ1) is 17.1. The minimum atomic E-state index is -0.0601. The van der Waals surface area contributed by atoms with Crippen LogP contribution < -0.4 is 14.2 Å². The quantitative estimate of drug-likeness (QED) is 0.782. The van der Waals surface area contributed by atoms with Gasteiger partial charge in [-0.05, 0) is 41.8 Å². The Bertz CT molecular complexity index is 613. The number of methoxy groups -OCH3 is 1. The minimum Gasteiger partial charge on any atom is -0.496 e. The van der Waals surface area contributed by atoms with E-state index in [4.69, 9.17) is 24.4 Å². The number of hydrogen-bond donors (Lipinski definition) is 2. The van der Waals surface area contributed by atoms with Crippen molar-refractivity contribution in [2.24, 2.45) is 0 Å². The molecule has 0 unspecified atom stereocenters. The fourth-order valence-electron chi connectivity index (χ4n) is 2.23. The lowest BCUT2D eigenvalue weighted by atomic mass is 10.0. The van der Waals surface area contributed by atoms with Crippen LogP contribution in [0.1, 0.15) is 5.56 Å². The number of hydrogen-bond acceptors (Lipinski definition) is 5. The molecule has 0 aromatic heterocycles. The predicted octanol–water partition coefficient (Wildman–Crippen LogP) is 2.41. The maximum Gasteiger partial charge on any atom is 0.123 e. The van der Waals surface area contributed by atoms with E-state index in [-0.39, 0.29) is 26.4 Å². The molecule has 0 fully saturated rings. The van der Waals surface area contributed by atoms with Crippen molar-refractivity contribution in [3.63, 3.8) is 0 Å². The van der Waals surface area contributed by atoms with Crippen LogP contribution in [0.4, 0.5) is 0 Å². The van der Waals surface area contributed by atoms with Crippen LogP contribution >= 0.6 is 0 Å². The highest BCUT2D eigenvalue weighted by Crippen LogP contribution is 2.32. The van der Waals surface area contributed by atoms with E-state index in [1.165, 1.54) is 0 Å². The van der Waals surface area contributed by atoms with E-state index < -0.39 is 0 Å². The highest BCUT2D eigenvalue weighted by molar-refractivity contribution is 5.69. The van der Waals surface area contributed by atoms with E-state index in [9.17, 15) is 0 Å². The smallest absolute Gasteiger partial charge is 0.123 e. The number of rotatable bonds is 8. The molecule has 2 rings (SSSR count). The number of aliphatic hydroxyl groups excluding tert-OH is 2. The Kier molecular flexibility index (Phi) is 6.26. The van der Waals surface area contributed by atoms with Gasteiger partial charge in [0.2, 0.25) is 0 Å². The molecule has 2 aromatic rings. The van der Waals surface area contributed by atoms with Crippen molar-refractivity contribution in [1.82, 2.24) is 0 Å². The Morgan fingerprint density at radius 3 is 1.96 bits per heavy atom. The zero-order chi connectivity index (χ0) is 16.7. The van der Waals surface area contributed by atoms with E-state index in [1.54, 1.807) is 13.2 Å². The van der Waals surface area contributed by atoms with E-state index in [0.717, 1.165) is 22.4 Å². The van der Waals surface area contributed by atoms with Gasteiger partial charge < -0.3 is 24.4 Å². The fraction of sp³-hybridized carbons (Fsp3) is 0.333. The first-order chi connectivity index (χ1) is 11.2. The van der Waals surface area contributed by atoms with Crippen LogP contribution in [0.5, 0.6) is 17.2 Å². The van der Waals surface area contributed by atoms with Gasteiger partial charge in [-0.1, -0.05) is 12.1 Å². The van der Waals surface area contributed by atoms with Crippen LogP contribution in [0.25, 0.3) is 11.1 Å². The molecule has 0 amide bonds. The van der Waals surface area contributed by atoms with Gasteiger partial charge in [-0.3, -0.25) is 0 Å². The first-order valence-electron chi connectivity index (χ1n) is 7.45. The molecule has 0 spiro atoms. The zero-order valence-corrected chi connectivity index (χ0v) is 13.4. The number of benzene rings is 2. The summed E-state index contributed by atoms with van der Waals surface area (Å²) < 4.78 is 16.4. The number of aliphatic hydroxyl groups is 2. The molecule has 0 aliphatic heterocycles. The zero-order valence-electron chi connectivity index (χ0n) is 13.4. The van der Waals surface area contributed by atoms with Gasteiger partial charge in [0.25, 0.3) is 0 Å². The van der Waals surface area contributed by atoms with Crippen molar-refractivity contribution >= 4 is 0 Å². The van der Waals surface area contributed by atoms with Crippen LogP contribution in [0.15, 0.2) is 36.4 Å². The van der Waals surface area contributed by atoms with Crippen molar-refractivity contribution in [2.75, 3.05) is 33.5 Å². The molecule has 23 heavy (non-hydrogen) atoms. The summed E-state index contributed by atoms with van der Waals surface area (Å²) in [5, 5.41) is 17.8. The highest BCUT2D eigenvalue weighted by Gasteiger charge is 2.08. The lowest BCUT2D eigenvalue weighted by Crippen LogP contribution is -2.04. The van der Waals surface area contributed by atoms with Gasteiger partial charge in [0.1, 0.15) is 30.5 Å². The van der Waals surface area contributed by atoms with Gasteiger partial charge in [-0.2, -0.15) is 0 Å². The average molecular weight is 318 g/mol. The van der Waals surface area contributed by atoms with E-state index in [2.05, 4.69) is 0 Å². The summed E-state index contributed by atoms with van der Waals surface area (Å²) in [6, 6.07) is 11.4. The molecule has 0 saturated heterocycles. The van der Waals surface area contributed by atoms with Crippen molar-refractivity contribution in [2.45, 2.75) is 6.92 Å². The molecular weight excluding hydrogens is 296 g/mol. The molecule has 5 nitrogen and oxygen atoms in total. The van der Waals surface area contributed by atoms with Gasteiger partial charge >= 0.3 is 0 Å². The largest absolute Gasteiger partial charge is 0.496 e. The van der Waals surface area contributed by atoms with Gasteiger partial charge in [-0.25, -0.2) is 0 Å². The summed E-state index contributed by atoms with van der Waals surface area (Å²) in [6.07, 6.45) is 0. The second kappa shape index (κ2) is 8.41. The molecule has 0 bridgehead atoms. The second-order valence-electron chi connectivity index (χ2n) is 5.02. The molecule has 0 heterocycles. The van der Waals surface area contributed by atoms with E-state index >= 15 is 0 Å². The van der Waals surface area contributed by atoms with Crippen LogP contribution in [0, 0.1) is 6.92 Å². The first-order valence-corrected chi connectivity index (χ1v) is 7.45. The maximum absolute atomic E-state index is 8.92. The Morgan fingerprint density at radius 2 is 1.43 bits per heavy atom. The van der Waals surface area contributed by atoms with Crippen molar-refractivity contribution in [3.8, 4) is 28.4 Å². The Labute approximate surface area is 136 Å². The SMILES string of the molecule is COc1cc(-c2cc(OCCO)cc(OCCO)c2)ccc1C. The Balaban J connectivity index is 2.38. The second-order valence-corrected chi connectivity index (χ2v) is 5.02. The lowest BCUT2D eigenvalue weighted by molar-refractivity contribution is 0.195. The molecule has 2 N–H and O–H groups in total. The molecule has 124 valence electrons. The van der Waals surface area contributed by atoms with Crippen molar-refractivity contribution in [3.05, 3.63) is 42.0 Å². The Hall–Kier alpha value is -2.24. The third-order valence-corrected chi connectivity index (χ3v) is 3.34. The monoisotopic (exact) mass is 318 g/mol. The summed E-state index contributed by atoms with van der Waals surface area (Å²) in [5.41, 5.74) is 2.93. The van der Waals surface area contributed by atoms with E-state index in [0.29, 0.717) is 11.5 Å². The molecule has 2 aromatic carbocycles. The van der Waals surface area contributed by atoms with Gasteiger partial charge in [0.05, 0.1) is 20.3 Å². The standard InChI is InChI=1S/C18H22O5/c1-13-3-4-14(11-18(13)21-2)15-9-16(22-7-5-19)12-17(10-15)23-8-6-20/h3-4,9-12,19-20H,5-8H2,1-2H3. The summed E-state index contributed by atoms with van der Waals surface area (Å²) in [5.74, 6) is 2.01. The normalized spacial score (nSPS) is 10.4. The van der Waals surface area contributed by atoms with Crippen LogP contribution in [0.3, 0.4) is 0 Å². The number of ether oxygens (including phenoxy) is 3. The van der Waals surface area contributed by atoms with E-state index in [1.807, 2.05) is 37.3 Å². The predicted molar refractivity (Wildman–Crippen MR) is 88.3 cm³/mol. The lowest BCUT2D eigenvalue weighted by Gasteiger charge is -2.13. The Morgan fingerprint density at radius 1 is 0.826 bits per heavy atom. The van der Waals surface area contributed by atoms with Gasteiger partial charge in [-0.15, -0.1) is 0 Å². The molecule has 0 radical (unpaired) electrons. The maximum atomic E-state index is 8.92. The summed E-state index contributed by atoms with van der Waals surface area (Å²) >= 11 is 0. The van der Waals surface area contributed by atoms with Crippen LogP contribution in [-0.2, 0) is 0 Å². The molecule has 0 aliphatic rings. The van der Waals surface area contributed by atoms with Gasteiger partial charge in [0.15, 0.2) is 0 Å². The fourth-order valence-corrected chi connectivity index (χ4v) is 2.23. The topological polar surface area (TPSA) is 68.2 Å². The molecule has 0 aliphatic carbocycles. The van der Waals surface area contributed by atoms with Crippen LogP contribution in [0.2, 0.25) is 0 Å². The summed E-state index contributed by atoms with van der Waals surface area (Å²) in [6.45, 7) is 2.28. The molecule has 0 saturated carbocycles. The van der Waals surface area contributed by atoms with Crippen LogP contribution in [-0.4, -0.2) is 43.8 Å². The molecule has 5 heteroatoms. The van der Waals surface area contributed by atoms with Gasteiger partial charge in [0, 0.05) is 6.07 Å². The highest BCUT2D eigenvalue weighted by atomic mass is 16.5. The molecular formula is C18H22O5. The molecule has 0 atom stereocenters. The average Bonchev–Trinajstić information content (AvgIpc) is 2.58. The minimum absolute atomic E-state index is 0.0601. The van der Waals surface area contributed by atoms with Crippen molar-refractivity contribution < 1.29 is 24.4 Å². The summed E-state index contributed by atoms with van der Waals surface area (Å²) in [4.78, 5) is 0.